The molecular weight excluding hydrogens is 450 g/mol. The lowest BCUT2D eigenvalue weighted by Gasteiger charge is -2.13. The van der Waals surface area contributed by atoms with Crippen molar-refractivity contribution in [2.24, 2.45) is 0 Å². The fourth-order valence-corrected chi connectivity index (χ4v) is 4.23. The second-order valence-corrected chi connectivity index (χ2v) is 8.67. The number of nitrogens with zero attached hydrogens (tertiary/aromatic N) is 1. The number of thioether (sulfide) groups is 1. The fourth-order valence-electron chi connectivity index (χ4n) is 3.36. The summed E-state index contributed by atoms with van der Waals surface area (Å²) < 4.78 is 17.0. The van der Waals surface area contributed by atoms with E-state index in [2.05, 4.69) is 0 Å². The molecule has 0 spiro atoms. The SMILES string of the molecule is COc1ccc(/C=C2\SC(=O)N(CCOc3ccc(C)cc3)C2=O)cc1OCc1ccccc1. The van der Waals surface area contributed by atoms with Crippen LogP contribution in [0.5, 0.6) is 17.2 Å². The maximum absolute atomic E-state index is 12.8. The first kappa shape index (κ1) is 23.4. The van der Waals surface area contributed by atoms with Crippen LogP contribution in [0.2, 0.25) is 0 Å². The molecule has 4 rings (SSSR count). The minimum Gasteiger partial charge on any atom is -0.493 e. The first-order valence-corrected chi connectivity index (χ1v) is 11.6. The first-order chi connectivity index (χ1) is 16.5. The van der Waals surface area contributed by atoms with Crippen LogP contribution in [0.1, 0.15) is 16.7 Å². The summed E-state index contributed by atoms with van der Waals surface area (Å²) in [5, 5.41) is -0.308. The number of rotatable bonds is 9. The number of benzene rings is 3. The van der Waals surface area contributed by atoms with Crippen LogP contribution in [-0.2, 0) is 11.4 Å². The Balaban J connectivity index is 1.41. The molecule has 34 heavy (non-hydrogen) atoms. The fraction of sp³-hybridized carbons (Fsp3) is 0.185. The highest BCUT2D eigenvalue weighted by atomic mass is 32.2. The average Bonchev–Trinajstić information content (AvgIpc) is 3.12. The molecule has 0 unspecified atom stereocenters. The topological polar surface area (TPSA) is 65.1 Å². The van der Waals surface area contributed by atoms with Gasteiger partial charge in [0, 0.05) is 0 Å². The molecule has 0 aliphatic carbocycles. The van der Waals surface area contributed by atoms with Gasteiger partial charge in [-0.15, -0.1) is 0 Å². The van der Waals surface area contributed by atoms with Crippen molar-refractivity contribution in [2.45, 2.75) is 13.5 Å². The molecule has 174 valence electrons. The number of imide groups is 1. The maximum Gasteiger partial charge on any atom is 0.293 e. The van der Waals surface area contributed by atoms with Gasteiger partial charge >= 0.3 is 0 Å². The van der Waals surface area contributed by atoms with E-state index in [1.54, 1.807) is 25.3 Å². The number of aryl methyl sites for hydroxylation is 1. The van der Waals surface area contributed by atoms with Crippen molar-refractivity contribution in [1.82, 2.24) is 4.90 Å². The summed E-state index contributed by atoms with van der Waals surface area (Å²) in [4.78, 5) is 26.8. The summed E-state index contributed by atoms with van der Waals surface area (Å²) >= 11 is 0.922. The molecule has 1 saturated heterocycles. The third kappa shape index (κ3) is 5.80. The molecule has 0 N–H and O–H groups in total. The van der Waals surface area contributed by atoms with Crippen molar-refractivity contribution in [3.63, 3.8) is 0 Å². The van der Waals surface area contributed by atoms with Crippen LogP contribution in [0.15, 0.2) is 77.7 Å². The standard InChI is InChI=1S/C27H25NO5S/c1-19-8-11-22(12-9-19)32-15-14-28-26(29)25(34-27(28)30)17-21-10-13-23(31-2)24(16-21)33-18-20-6-4-3-5-7-20/h3-13,16-17H,14-15,18H2,1-2H3/b25-17-. The van der Waals surface area contributed by atoms with Crippen molar-refractivity contribution in [2.75, 3.05) is 20.3 Å². The van der Waals surface area contributed by atoms with E-state index in [4.69, 9.17) is 14.2 Å². The number of amides is 2. The summed E-state index contributed by atoms with van der Waals surface area (Å²) in [7, 11) is 1.58. The molecule has 3 aromatic rings. The van der Waals surface area contributed by atoms with Gasteiger partial charge in [-0.1, -0.05) is 54.1 Å². The summed E-state index contributed by atoms with van der Waals surface area (Å²) in [5.74, 6) is 1.53. The molecule has 0 radical (unpaired) electrons. The molecule has 1 aliphatic rings. The number of methoxy groups -OCH3 is 1. The Kier molecular flexibility index (Phi) is 7.54. The molecule has 1 fully saturated rings. The molecular formula is C27H25NO5S. The molecule has 0 atom stereocenters. The molecule has 3 aromatic carbocycles. The third-order valence-corrected chi connectivity index (χ3v) is 6.11. The van der Waals surface area contributed by atoms with E-state index in [1.165, 1.54) is 4.90 Å². The molecule has 0 saturated carbocycles. The zero-order chi connectivity index (χ0) is 23.9. The highest BCUT2D eigenvalue weighted by Crippen LogP contribution is 2.34. The molecule has 6 nitrogen and oxygen atoms in total. The Hall–Kier alpha value is -3.71. The number of carbonyl (C=O) groups excluding carboxylic acids is 2. The molecule has 7 heteroatoms. The lowest BCUT2D eigenvalue weighted by atomic mass is 10.1. The summed E-state index contributed by atoms with van der Waals surface area (Å²) in [6.45, 7) is 2.80. The Morgan fingerprint density at radius 3 is 2.41 bits per heavy atom. The van der Waals surface area contributed by atoms with Crippen molar-refractivity contribution < 1.29 is 23.8 Å². The van der Waals surface area contributed by atoms with E-state index in [0.717, 1.165) is 28.5 Å². The molecule has 0 aromatic heterocycles. The quantitative estimate of drug-likeness (QED) is 0.370. The Labute approximate surface area is 203 Å². The summed E-state index contributed by atoms with van der Waals surface area (Å²) in [6.07, 6.45) is 1.69. The second-order valence-electron chi connectivity index (χ2n) is 7.68. The zero-order valence-electron chi connectivity index (χ0n) is 19.0. The normalized spacial score (nSPS) is 14.5. The van der Waals surface area contributed by atoms with Crippen LogP contribution in [0.25, 0.3) is 6.08 Å². The monoisotopic (exact) mass is 475 g/mol. The van der Waals surface area contributed by atoms with E-state index in [9.17, 15) is 9.59 Å². The van der Waals surface area contributed by atoms with Crippen LogP contribution < -0.4 is 14.2 Å². The Morgan fingerprint density at radius 1 is 0.912 bits per heavy atom. The minimum absolute atomic E-state index is 0.184. The van der Waals surface area contributed by atoms with Gasteiger partial charge in [0.2, 0.25) is 0 Å². The van der Waals surface area contributed by atoms with Gasteiger partial charge in [-0.2, -0.15) is 0 Å². The number of hydrogen-bond acceptors (Lipinski definition) is 6. The van der Waals surface area contributed by atoms with E-state index >= 15 is 0 Å². The third-order valence-electron chi connectivity index (χ3n) is 5.20. The second kappa shape index (κ2) is 10.9. The van der Waals surface area contributed by atoms with E-state index < -0.39 is 0 Å². The molecule has 1 heterocycles. The van der Waals surface area contributed by atoms with Gasteiger partial charge in [0.05, 0.1) is 18.6 Å². The van der Waals surface area contributed by atoms with Gasteiger partial charge in [0.15, 0.2) is 11.5 Å². The predicted molar refractivity (Wildman–Crippen MR) is 133 cm³/mol. The van der Waals surface area contributed by atoms with E-state index in [1.807, 2.05) is 67.6 Å². The minimum atomic E-state index is -0.329. The van der Waals surface area contributed by atoms with Crippen molar-refractivity contribution in [3.05, 3.63) is 94.4 Å². The zero-order valence-corrected chi connectivity index (χ0v) is 19.8. The smallest absolute Gasteiger partial charge is 0.293 e. The van der Waals surface area contributed by atoms with Gasteiger partial charge < -0.3 is 14.2 Å². The lowest BCUT2D eigenvalue weighted by Crippen LogP contribution is -2.32. The lowest BCUT2D eigenvalue weighted by molar-refractivity contribution is -0.123. The number of ether oxygens (including phenoxy) is 3. The van der Waals surface area contributed by atoms with Crippen molar-refractivity contribution in [3.8, 4) is 17.2 Å². The summed E-state index contributed by atoms with van der Waals surface area (Å²) in [5.41, 5.74) is 2.91. The number of hydrogen-bond donors (Lipinski definition) is 0. The van der Waals surface area contributed by atoms with Gasteiger partial charge in [0.25, 0.3) is 11.1 Å². The van der Waals surface area contributed by atoms with Gasteiger partial charge in [-0.05, 0) is 60.2 Å². The molecule has 1 aliphatic heterocycles. The highest BCUT2D eigenvalue weighted by Gasteiger charge is 2.34. The first-order valence-electron chi connectivity index (χ1n) is 10.8. The summed E-state index contributed by atoms with van der Waals surface area (Å²) in [6, 6.07) is 22.9. The van der Waals surface area contributed by atoms with Gasteiger partial charge in [-0.3, -0.25) is 14.5 Å². The predicted octanol–water partition coefficient (Wildman–Crippen LogP) is 5.70. The van der Waals surface area contributed by atoms with Gasteiger partial charge in [-0.25, -0.2) is 0 Å². The van der Waals surface area contributed by atoms with Crippen molar-refractivity contribution >= 4 is 29.0 Å². The van der Waals surface area contributed by atoms with Crippen LogP contribution in [0.4, 0.5) is 4.79 Å². The maximum atomic E-state index is 12.8. The number of carbonyl (C=O) groups is 2. The largest absolute Gasteiger partial charge is 0.493 e. The highest BCUT2D eigenvalue weighted by molar-refractivity contribution is 8.18. The van der Waals surface area contributed by atoms with Gasteiger partial charge in [0.1, 0.15) is 19.0 Å². The Morgan fingerprint density at radius 2 is 1.68 bits per heavy atom. The van der Waals surface area contributed by atoms with Crippen LogP contribution in [0.3, 0.4) is 0 Å². The van der Waals surface area contributed by atoms with Crippen molar-refractivity contribution in [1.29, 1.82) is 0 Å². The van der Waals surface area contributed by atoms with Crippen LogP contribution >= 0.6 is 11.8 Å². The molecule has 2 amide bonds. The van der Waals surface area contributed by atoms with Crippen LogP contribution in [0, 0.1) is 6.92 Å². The Bertz CT molecular complexity index is 1190. The van der Waals surface area contributed by atoms with E-state index in [0.29, 0.717) is 28.8 Å². The van der Waals surface area contributed by atoms with E-state index in [-0.39, 0.29) is 24.3 Å². The molecule has 0 bridgehead atoms. The van der Waals surface area contributed by atoms with Crippen LogP contribution in [-0.4, -0.2) is 36.3 Å². The average molecular weight is 476 g/mol.